The average molecular weight is 414 g/mol. The molecule has 1 aromatic heterocycles. The molecule has 1 aliphatic heterocycles. The van der Waals surface area contributed by atoms with Gasteiger partial charge in [-0.05, 0) is 49.4 Å². The van der Waals surface area contributed by atoms with E-state index in [0.717, 1.165) is 34.0 Å². The van der Waals surface area contributed by atoms with E-state index in [4.69, 9.17) is 11.6 Å². The van der Waals surface area contributed by atoms with Crippen molar-refractivity contribution < 1.29 is 4.79 Å². The quantitative estimate of drug-likeness (QED) is 0.689. The third kappa shape index (κ3) is 3.96. The van der Waals surface area contributed by atoms with Gasteiger partial charge in [-0.3, -0.25) is 9.36 Å². The Bertz CT molecular complexity index is 1090. The summed E-state index contributed by atoms with van der Waals surface area (Å²) in [7, 11) is 1.72. The zero-order chi connectivity index (χ0) is 20.5. The molecule has 3 aromatic rings. The van der Waals surface area contributed by atoms with Crippen molar-refractivity contribution in [2.75, 3.05) is 36.4 Å². The van der Waals surface area contributed by atoms with Crippen LogP contribution in [0.15, 0.2) is 47.3 Å². The van der Waals surface area contributed by atoms with Gasteiger partial charge in [-0.15, -0.1) is 0 Å². The molecule has 4 rings (SSSR count). The number of halogens is 1. The van der Waals surface area contributed by atoms with E-state index in [1.807, 2.05) is 47.4 Å². The van der Waals surface area contributed by atoms with Crippen LogP contribution in [-0.2, 0) is 11.8 Å². The smallest absolute Gasteiger partial charge is 0.326 e. The lowest BCUT2D eigenvalue weighted by molar-refractivity contribution is -0.130. The van der Waals surface area contributed by atoms with Gasteiger partial charge in [0.1, 0.15) is 0 Å². The Kier molecular flexibility index (Phi) is 5.24. The molecular weight excluding hydrogens is 390 g/mol. The summed E-state index contributed by atoms with van der Waals surface area (Å²) in [4.78, 5) is 31.4. The van der Waals surface area contributed by atoms with Crippen LogP contribution in [0.1, 0.15) is 6.92 Å². The first-order valence-corrected chi connectivity index (χ1v) is 10.0. The van der Waals surface area contributed by atoms with Gasteiger partial charge in [0.15, 0.2) is 0 Å². The number of anilines is 2. The SMILES string of the molecule is C[C@@H]1CN(C(=O)CNc2ccc3[nH]c(=O)n(C)c3c2)CCN1c1ccc(Cl)cc1. The number of hydrogen-bond donors (Lipinski definition) is 2. The maximum absolute atomic E-state index is 12.7. The predicted octanol–water partition coefficient (Wildman–Crippen LogP) is 2.67. The molecule has 1 atom stereocenters. The van der Waals surface area contributed by atoms with Gasteiger partial charge in [0.05, 0.1) is 17.6 Å². The number of nitrogens with zero attached hydrogens (tertiary/aromatic N) is 3. The Labute approximate surface area is 173 Å². The molecule has 0 saturated carbocycles. The maximum Gasteiger partial charge on any atom is 0.326 e. The number of fused-ring (bicyclic) bond motifs is 1. The molecule has 0 aliphatic carbocycles. The normalized spacial score (nSPS) is 17.0. The number of amides is 1. The van der Waals surface area contributed by atoms with Crippen molar-refractivity contribution in [2.45, 2.75) is 13.0 Å². The van der Waals surface area contributed by atoms with Crippen LogP contribution in [0, 0.1) is 0 Å². The van der Waals surface area contributed by atoms with Crippen LogP contribution in [0.25, 0.3) is 11.0 Å². The number of rotatable bonds is 4. The van der Waals surface area contributed by atoms with Crippen molar-refractivity contribution in [2.24, 2.45) is 7.05 Å². The summed E-state index contributed by atoms with van der Waals surface area (Å²) in [5, 5.41) is 3.91. The number of aryl methyl sites for hydroxylation is 1. The third-order valence-corrected chi connectivity index (χ3v) is 5.74. The molecule has 29 heavy (non-hydrogen) atoms. The van der Waals surface area contributed by atoms with Crippen LogP contribution in [-0.4, -0.2) is 52.6 Å². The highest BCUT2D eigenvalue weighted by Gasteiger charge is 2.26. The Hall–Kier alpha value is -2.93. The summed E-state index contributed by atoms with van der Waals surface area (Å²) in [5.74, 6) is 0.0654. The van der Waals surface area contributed by atoms with E-state index in [1.165, 1.54) is 0 Å². The lowest BCUT2D eigenvalue weighted by Gasteiger charge is -2.41. The minimum Gasteiger partial charge on any atom is -0.376 e. The van der Waals surface area contributed by atoms with Gasteiger partial charge in [-0.2, -0.15) is 0 Å². The highest BCUT2D eigenvalue weighted by molar-refractivity contribution is 6.30. The molecular formula is C21H24ClN5O2. The Morgan fingerprint density at radius 3 is 2.69 bits per heavy atom. The fourth-order valence-corrected chi connectivity index (χ4v) is 3.95. The summed E-state index contributed by atoms with van der Waals surface area (Å²) in [6.45, 7) is 4.48. The van der Waals surface area contributed by atoms with E-state index >= 15 is 0 Å². The third-order valence-electron chi connectivity index (χ3n) is 5.49. The molecule has 2 N–H and O–H groups in total. The number of hydrogen-bond acceptors (Lipinski definition) is 4. The molecule has 2 heterocycles. The van der Waals surface area contributed by atoms with Gasteiger partial charge in [0, 0.05) is 49.1 Å². The number of carbonyl (C=O) groups is 1. The number of nitrogens with one attached hydrogen (secondary N) is 2. The molecule has 2 aromatic carbocycles. The predicted molar refractivity (Wildman–Crippen MR) is 117 cm³/mol. The number of aromatic nitrogens is 2. The van der Waals surface area contributed by atoms with Crippen LogP contribution < -0.4 is 15.9 Å². The summed E-state index contributed by atoms with van der Waals surface area (Å²) < 4.78 is 1.56. The van der Waals surface area contributed by atoms with Gasteiger partial charge >= 0.3 is 5.69 Å². The molecule has 1 fully saturated rings. The molecule has 1 saturated heterocycles. The first-order chi connectivity index (χ1) is 13.9. The van der Waals surface area contributed by atoms with Crippen LogP contribution in [0.2, 0.25) is 5.02 Å². The van der Waals surface area contributed by atoms with E-state index in [1.54, 1.807) is 11.6 Å². The standard InChI is InChI=1S/C21H24ClN5O2/c1-14-13-26(9-10-27(14)17-6-3-15(22)4-7-17)20(28)12-23-16-5-8-18-19(11-16)25(2)21(29)24-18/h3-8,11,14,23H,9-10,12-13H2,1-2H3,(H,24,29)/t14-/m1/s1. The highest BCUT2D eigenvalue weighted by Crippen LogP contribution is 2.23. The van der Waals surface area contributed by atoms with Gasteiger partial charge in [0.25, 0.3) is 0 Å². The molecule has 1 aliphatic rings. The van der Waals surface area contributed by atoms with Crippen molar-refractivity contribution in [1.82, 2.24) is 14.5 Å². The first kappa shape index (κ1) is 19.4. The second kappa shape index (κ2) is 7.83. The second-order valence-electron chi connectivity index (χ2n) is 7.43. The van der Waals surface area contributed by atoms with E-state index in [9.17, 15) is 9.59 Å². The number of carbonyl (C=O) groups excluding carboxylic acids is 1. The minimum absolute atomic E-state index is 0.0654. The molecule has 8 heteroatoms. The van der Waals surface area contributed by atoms with Crippen molar-refractivity contribution in [3.05, 3.63) is 58.0 Å². The fourth-order valence-electron chi connectivity index (χ4n) is 3.82. The van der Waals surface area contributed by atoms with Crippen molar-refractivity contribution in [3.8, 4) is 0 Å². The topological polar surface area (TPSA) is 73.4 Å². The molecule has 7 nitrogen and oxygen atoms in total. The lowest BCUT2D eigenvalue weighted by Crippen LogP contribution is -2.54. The average Bonchev–Trinajstić information content (AvgIpc) is 3.00. The molecule has 0 unspecified atom stereocenters. The van der Waals surface area contributed by atoms with Crippen molar-refractivity contribution >= 4 is 39.9 Å². The number of imidazole rings is 1. The molecule has 0 radical (unpaired) electrons. The van der Waals surface area contributed by atoms with Crippen LogP contribution in [0.3, 0.4) is 0 Å². The Morgan fingerprint density at radius 2 is 1.97 bits per heavy atom. The minimum atomic E-state index is -0.152. The van der Waals surface area contributed by atoms with Crippen LogP contribution in [0.4, 0.5) is 11.4 Å². The van der Waals surface area contributed by atoms with Gasteiger partial charge in [-0.1, -0.05) is 11.6 Å². The van der Waals surface area contributed by atoms with Gasteiger partial charge in [0.2, 0.25) is 5.91 Å². The summed E-state index contributed by atoms with van der Waals surface area (Å²) in [6, 6.07) is 13.6. The summed E-state index contributed by atoms with van der Waals surface area (Å²) in [6.07, 6.45) is 0. The maximum atomic E-state index is 12.7. The largest absolute Gasteiger partial charge is 0.376 e. The van der Waals surface area contributed by atoms with Crippen molar-refractivity contribution in [3.63, 3.8) is 0 Å². The van der Waals surface area contributed by atoms with E-state index in [0.29, 0.717) is 13.1 Å². The molecule has 1 amide bonds. The van der Waals surface area contributed by atoms with Crippen molar-refractivity contribution in [1.29, 1.82) is 0 Å². The molecule has 0 bridgehead atoms. The number of benzene rings is 2. The van der Waals surface area contributed by atoms with Crippen LogP contribution in [0.5, 0.6) is 0 Å². The van der Waals surface area contributed by atoms with E-state index in [2.05, 4.69) is 22.1 Å². The second-order valence-corrected chi connectivity index (χ2v) is 7.87. The van der Waals surface area contributed by atoms with Crippen LogP contribution >= 0.6 is 11.6 Å². The van der Waals surface area contributed by atoms with Gasteiger partial charge < -0.3 is 20.1 Å². The molecule has 0 spiro atoms. The summed E-state index contributed by atoms with van der Waals surface area (Å²) >= 11 is 5.98. The zero-order valence-corrected chi connectivity index (χ0v) is 17.2. The fraction of sp³-hybridized carbons (Fsp3) is 0.333. The van der Waals surface area contributed by atoms with Gasteiger partial charge in [-0.25, -0.2) is 4.79 Å². The number of aromatic amines is 1. The zero-order valence-electron chi connectivity index (χ0n) is 16.5. The number of piperazine rings is 1. The Morgan fingerprint density at radius 1 is 1.21 bits per heavy atom. The van der Waals surface area contributed by atoms with E-state index in [-0.39, 0.29) is 24.2 Å². The Balaban J connectivity index is 1.36. The number of H-pyrrole nitrogens is 1. The first-order valence-electron chi connectivity index (χ1n) is 9.65. The monoisotopic (exact) mass is 413 g/mol. The molecule has 152 valence electrons. The lowest BCUT2D eigenvalue weighted by atomic mass is 10.1. The summed E-state index contributed by atoms with van der Waals surface area (Å²) in [5.41, 5.74) is 3.37. The highest BCUT2D eigenvalue weighted by atomic mass is 35.5. The van der Waals surface area contributed by atoms with E-state index < -0.39 is 0 Å².